The van der Waals surface area contributed by atoms with Crippen molar-refractivity contribution in [3.8, 4) is 5.75 Å². The molecular formula is C17H22O4. The van der Waals surface area contributed by atoms with Crippen LogP contribution in [0.25, 0.3) is 0 Å². The zero-order valence-corrected chi connectivity index (χ0v) is 12.5. The van der Waals surface area contributed by atoms with E-state index in [0.29, 0.717) is 12.5 Å². The van der Waals surface area contributed by atoms with Crippen LogP contribution in [-0.4, -0.2) is 24.4 Å². The molecule has 4 nitrogen and oxygen atoms in total. The maximum absolute atomic E-state index is 9.89. The summed E-state index contributed by atoms with van der Waals surface area (Å²) in [6, 6.07) is 11.5. The van der Waals surface area contributed by atoms with Crippen molar-refractivity contribution in [3.05, 3.63) is 54.0 Å². The summed E-state index contributed by atoms with van der Waals surface area (Å²) in [5, 5.41) is 9.89. The molecule has 4 heteroatoms. The third kappa shape index (κ3) is 4.92. The number of hydrogen-bond acceptors (Lipinski definition) is 4. The summed E-state index contributed by atoms with van der Waals surface area (Å²) in [4.78, 5) is 0. The Morgan fingerprint density at radius 3 is 2.62 bits per heavy atom. The minimum atomic E-state index is -0.666. The standard InChI is InChI=1S/C17H22O4/c1-13(2)16-7-3-4-8-17(16)21-11-14(18)10-19-12-15-6-5-9-20-15/h3-9,13-14,18H,10-12H2,1-2H3. The van der Waals surface area contributed by atoms with Gasteiger partial charge in [-0.3, -0.25) is 0 Å². The molecule has 1 aromatic carbocycles. The van der Waals surface area contributed by atoms with Gasteiger partial charge in [0.05, 0.1) is 12.9 Å². The molecule has 1 aromatic heterocycles. The molecule has 1 atom stereocenters. The second kappa shape index (κ2) is 7.86. The molecule has 2 rings (SSSR count). The van der Waals surface area contributed by atoms with Crippen LogP contribution in [0.2, 0.25) is 0 Å². The lowest BCUT2D eigenvalue weighted by Crippen LogP contribution is -2.23. The largest absolute Gasteiger partial charge is 0.491 e. The van der Waals surface area contributed by atoms with E-state index in [4.69, 9.17) is 13.9 Å². The number of furan rings is 1. The first-order valence-electron chi connectivity index (χ1n) is 7.16. The predicted octanol–water partition coefficient (Wildman–Crippen LogP) is 3.36. The molecule has 0 saturated carbocycles. The number of aliphatic hydroxyl groups is 1. The molecule has 0 fully saturated rings. The van der Waals surface area contributed by atoms with Crippen LogP contribution in [-0.2, 0) is 11.3 Å². The molecule has 0 aliphatic heterocycles. The summed E-state index contributed by atoms with van der Waals surface area (Å²) in [7, 11) is 0. The Morgan fingerprint density at radius 2 is 1.90 bits per heavy atom. The van der Waals surface area contributed by atoms with Gasteiger partial charge < -0.3 is 19.0 Å². The van der Waals surface area contributed by atoms with Gasteiger partial charge in [-0.25, -0.2) is 0 Å². The lowest BCUT2D eigenvalue weighted by Gasteiger charge is -2.16. The van der Waals surface area contributed by atoms with Crippen LogP contribution in [0.1, 0.15) is 31.1 Å². The fourth-order valence-electron chi connectivity index (χ4n) is 2.01. The molecule has 0 saturated heterocycles. The molecular weight excluding hydrogens is 268 g/mol. The zero-order chi connectivity index (χ0) is 15.1. The van der Waals surface area contributed by atoms with Gasteiger partial charge in [0, 0.05) is 0 Å². The van der Waals surface area contributed by atoms with Crippen LogP contribution in [0.15, 0.2) is 47.1 Å². The highest BCUT2D eigenvalue weighted by Crippen LogP contribution is 2.25. The summed E-state index contributed by atoms with van der Waals surface area (Å²) < 4.78 is 16.2. The number of rotatable bonds is 8. The summed E-state index contributed by atoms with van der Waals surface area (Å²) in [6.45, 7) is 5.01. The van der Waals surface area contributed by atoms with Gasteiger partial charge >= 0.3 is 0 Å². The Kier molecular flexibility index (Phi) is 5.84. The van der Waals surface area contributed by atoms with Gasteiger partial charge in [-0.1, -0.05) is 32.0 Å². The minimum absolute atomic E-state index is 0.210. The summed E-state index contributed by atoms with van der Waals surface area (Å²) in [5.41, 5.74) is 1.14. The second-order valence-corrected chi connectivity index (χ2v) is 5.25. The predicted molar refractivity (Wildman–Crippen MR) is 80.4 cm³/mol. The average molecular weight is 290 g/mol. The van der Waals surface area contributed by atoms with Crippen LogP contribution in [0.3, 0.4) is 0 Å². The van der Waals surface area contributed by atoms with Crippen LogP contribution in [0.4, 0.5) is 0 Å². The lowest BCUT2D eigenvalue weighted by atomic mass is 10.0. The SMILES string of the molecule is CC(C)c1ccccc1OCC(O)COCc1ccco1. The summed E-state index contributed by atoms with van der Waals surface area (Å²) in [5.74, 6) is 1.94. The van der Waals surface area contributed by atoms with Gasteiger partial charge in [-0.05, 0) is 29.7 Å². The fourth-order valence-corrected chi connectivity index (χ4v) is 2.01. The van der Waals surface area contributed by atoms with E-state index in [2.05, 4.69) is 13.8 Å². The number of aliphatic hydroxyl groups excluding tert-OH is 1. The van der Waals surface area contributed by atoms with E-state index in [1.165, 1.54) is 0 Å². The van der Waals surface area contributed by atoms with Crippen LogP contribution in [0, 0.1) is 0 Å². The average Bonchev–Trinajstić information content (AvgIpc) is 2.98. The highest BCUT2D eigenvalue weighted by molar-refractivity contribution is 5.35. The maximum atomic E-state index is 9.89. The smallest absolute Gasteiger partial charge is 0.129 e. The number of para-hydroxylation sites is 1. The molecule has 2 aromatic rings. The molecule has 0 aliphatic carbocycles. The molecule has 0 aliphatic rings. The van der Waals surface area contributed by atoms with Crippen molar-refractivity contribution in [1.82, 2.24) is 0 Å². The lowest BCUT2D eigenvalue weighted by molar-refractivity contribution is 0.000697. The monoisotopic (exact) mass is 290 g/mol. The van der Waals surface area contributed by atoms with E-state index >= 15 is 0 Å². The van der Waals surface area contributed by atoms with Crippen LogP contribution >= 0.6 is 0 Å². The molecule has 0 bridgehead atoms. The van der Waals surface area contributed by atoms with Crippen molar-refractivity contribution in [2.75, 3.05) is 13.2 Å². The van der Waals surface area contributed by atoms with Crippen LogP contribution in [0.5, 0.6) is 5.75 Å². The van der Waals surface area contributed by atoms with Gasteiger partial charge in [0.2, 0.25) is 0 Å². The topological polar surface area (TPSA) is 51.8 Å². The Morgan fingerprint density at radius 1 is 1.10 bits per heavy atom. The van der Waals surface area contributed by atoms with Gasteiger partial charge in [0.1, 0.15) is 30.8 Å². The molecule has 0 spiro atoms. The molecule has 1 unspecified atom stereocenters. The number of hydrogen-bond donors (Lipinski definition) is 1. The molecule has 1 N–H and O–H groups in total. The zero-order valence-electron chi connectivity index (χ0n) is 12.5. The highest BCUT2D eigenvalue weighted by Gasteiger charge is 2.10. The van der Waals surface area contributed by atoms with E-state index in [-0.39, 0.29) is 13.2 Å². The van der Waals surface area contributed by atoms with Gasteiger partial charge in [-0.15, -0.1) is 0 Å². The molecule has 1 heterocycles. The molecule has 21 heavy (non-hydrogen) atoms. The van der Waals surface area contributed by atoms with Crippen LogP contribution < -0.4 is 4.74 Å². The van der Waals surface area contributed by atoms with Crippen molar-refractivity contribution in [1.29, 1.82) is 0 Å². The minimum Gasteiger partial charge on any atom is -0.491 e. The Hall–Kier alpha value is -1.78. The Labute approximate surface area is 125 Å². The van der Waals surface area contributed by atoms with Gasteiger partial charge in [-0.2, -0.15) is 0 Å². The van der Waals surface area contributed by atoms with Crippen molar-refractivity contribution in [2.24, 2.45) is 0 Å². The molecule has 0 radical (unpaired) electrons. The number of benzene rings is 1. The van der Waals surface area contributed by atoms with E-state index in [0.717, 1.165) is 17.1 Å². The van der Waals surface area contributed by atoms with Crippen molar-refractivity contribution < 1.29 is 19.0 Å². The van der Waals surface area contributed by atoms with E-state index in [1.807, 2.05) is 30.3 Å². The van der Waals surface area contributed by atoms with E-state index in [9.17, 15) is 5.11 Å². The van der Waals surface area contributed by atoms with E-state index in [1.54, 1.807) is 12.3 Å². The first-order chi connectivity index (χ1) is 10.2. The first kappa shape index (κ1) is 15.6. The van der Waals surface area contributed by atoms with Crippen molar-refractivity contribution in [2.45, 2.75) is 32.5 Å². The van der Waals surface area contributed by atoms with Gasteiger partial charge in [0.25, 0.3) is 0 Å². The van der Waals surface area contributed by atoms with Gasteiger partial charge in [0.15, 0.2) is 0 Å². The van der Waals surface area contributed by atoms with Crippen molar-refractivity contribution in [3.63, 3.8) is 0 Å². The quantitative estimate of drug-likeness (QED) is 0.810. The Balaban J connectivity index is 1.75. The fraction of sp³-hybridized carbons (Fsp3) is 0.412. The third-order valence-corrected chi connectivity index (χ3v) is 3.11. The summed E-state index contributed by atoms with van der Waals surface area (Å²) in [6.07, 6.45) is 0.932. The normalized spacial score (nSPS) is 12.6. The van der Waals surface area contributed by atoms with Crippen molar-refractivity contribution >= 4 is 0 Å². The first-order valence-corrected chi connectivity index (χ1v) is 7.16. The summed E-state index contributed by atoms with van der Waals surface area (Å²) >= 11 is 0. The Bertz CT molecular complexity index is 519. The number of ether oxygens (including phenoxy) is 2. The second-order valence-electron chi connectivity index (χ2n) is 5.25. The molecule has 114 valence electrons. The molecule has 0 amide bonds. The third-order valence-electron chi connectivity index (χ3n) is 3.11. The van der Waals surface area contributed by atoms with E-state index < -0.39 is 6.10 Å². The highest BCUT2D eigenvalue weighted by atomic mass is 16.5. The maximum Gasteiger partial charge on any atom is 0.129 e.